The first-order valence-corrected chi connectivity index (χ1v) is 8.53. The molecule has 0 aliphatic heterocycles. The molecule has 0 aliphatic carbocycles. The number of benzene rings is 1. The molecule has 0 unspecified atom stereocenters. The van der Waals surface area contributed by atoms with Crippen LogP contribution >= 0.6 is 11.8 Å². The first-order chi connectivity index (χ1) is 12.3. The third-order valence-corrected chi connectivity index (χ3v) is 4.60. The van der Waals surface area contributed by atoms with Crippen LogP contribution in [0.15, 0.2) is 52.1 Å². The van der Waals surface area contributed by atoms with E-state index in [1.807, 2.05) is 0 Å². The molecule has 5 nitrogen and oxygen atoms in total. The summed E-state index contributed by atoms with van der Waals surface area (Å²) < 4.78 is 44.3. The smallest absolute Gasteiger partial charge is 0.451 e. The molecule has 0 radical (unpaired) electrons. The summed E-state index contributed by atoms with van der Waals surface area (Å²) in [6, 6.07) is 9.81. The van der Waals surface area contributed by atoms with Crippen LogP contribution < -0.4 is 5.32 Å². The van der Waals surface area contributed by atoms with Gasteiger partial charge in [-0.1, -0.05) is 30.0 Å². The fourth-order valence-corrected chi connectivity index (χ4v) is 3.18. The predicted molar refractivity (Wildman–Crippen MR) is 90.4 cm³/mol. The maximum absolute atomic E-state index is 13.0. The highest BCUT2D eigenvalue weighted by molar-refractivity contribution is 8.00. The molecule has 0 bridgehead atoms. The van der Waals surface area contributed by atoms with Crippen molar-refractivity contribution in [3.63, 3.8) is 0 Å². The molecule has 0 saturated carbocycles. The van der Waals surface area contributed by atoms with Crippen LogP contribution in [0.3, 0.4) is 0 Å². The van der Waals surface area contributed by atoms with E-state index in [0.29, 0.717) is 11.1 Å². The summed E-state index contributed by atoms with van der Waals surface area (Å²) in [5, 5.41) is 2.61. The number of halogens is 3. The van der Waals surface area contributed by atoms with Crippen LogP contribution in [0.4, 0.5) is 13.2 Å². The first kappa shape index (κ1) is 18.2. The van der Waals surface area contributed by atoms with E-state index in [0.717, 1.165) is 11.8 Å². The molecule has 0 saturated heterocycles. The molecule has 1 aromatic carbocycles. The SMILES string of the molecule is C[C@@H](Sc1nc(C(F)(F)F)nc2ccccc12)C(=O)NCc1ccco1. The van der Waals surface area contributed by atoms with Gasteiger partial charge < -0.3 is 9.73 Å². The number of hydrogen-bond acceptors (Lipinski definition) is 5. The number of furan rings is 1. The Bertz CT molecular complexity index is 913. The van der Waals surface area contributed by atoms with Crippen molar-refractivity contribution < 1.29 is 22.4 Å². The summed E-state index contributed by atoms with van der Waals surface area (Å²) in [7, 11) is 0. The molecule has 1 atom stereocenters. The van der Waals surface area contributed by atoms with Crippen molar-refractivity contribution in [1.82, 2.24) is 15.3 Å². The third-order valence-electron chi connectivity index (χ3n) is 3.50. The third kappa shape index (κ3) is 4.16. The number of nitrogens with one attached hydrogen (secondary N) is 1. The van der Waals surface area contributed by atoms with Crippen LogP contribution in [-0.2, 0) is 17.5 Å². The van der Waals surface area contributed by atoms with Gasteiger partial charge in [-0.05, 0) is 25.1 Å². The Hall–Kier alpha value is -2.55. The predicted octanol–water partition coefficient (Wildman–Crippen LogP) is 4.04. The molecule has 0 fully saturated rings. The molecule has 9 heteroatoms. The summed E-state index contributed by atoms with van der Waals surface area (Å²) in [6.45, 7) is 1.81. The van der Waals surface area contributed by atoms with E-state index >= 15 is 0 Å². The first-order valence-electron chi connectivity index (χ1n) is 7.65. The zero-order chi connectivity index (χ0) is 18.7. The lowest BCUT2D eigenvalue weighted by molar-refractivity contribution is -0.145. The molecule has 2 heterocycles. The molecule has 3 aromatic rings. The summed E-state index contributed by atoms with van der Waals surface area (Å²) in [5.74, 6) is -0.966. The molecule has 0 aliphatic rings. The zero-order valence-corrected chi connectivity index (χ0v) is 14.4. The topological polar surface area (TPSA) is 68.0 Å². The van der Waals surface area contributed by atoms with Gasteiger partial charge in [0.05, 0.1) is 23.6 Å². The number of alkyl halides is 3. The number of carbonyl (C=O) groups is 1. The van der Waals surface area contributed by atoms with Crippen LogP contribution in [0.1, 0.15) is 18.5 Å². The minimum atomic E-state index is -4.66. The largest absolute Gasteiger partial charge is 0.467 e. The highest BCUT2D eigenvalue weighted by atomic mass is 32.2. The molecule has 3 rings (SSSR count). The fourth-order valence-electron chi connectivity index (χ4n) is 2.22. The van der Waals surface area contributed by atoms with Gasteiger partial charge in [0.2, 0.25) is 11.7 Å². The number of amides is 1. The quantitative estimate of drug-likeness (QED) is 0.534. The van der Waals surface area contributed by atoms with Crippen molar-refractivity contribution in [2.45, 2.75) is 29.9 Å². The second-order valence-electron chi connectivity index (χ2n) is 5.42. The standard InChI is InChI=1S/C17H14F3N3O2S/c1-10(14(24)21-9-11-5-4-8-25-11)26-15-12-6-2-3-7-13(12)22-16(23-15)17(18,19)20/h2-8,10H,9H2,1H3,(H,21,24)/t10-/m1/s1. The molecule has 2 aromatic heterocycles. The number of aromatic nitrogens is 2. The normalized spacial score (nSPS) is 12.9. The van der Waals surface area contributed by atoms with Crippen molar-refractivity contribution in [1.29, 1.82) is 0 Å². The minimum Gasteiger partial charge on any atom is -0.467 e. The van der Waals surface area contributed by atoms with Gasteiger partial charge in [0.1, 0.15) is 10.8 Å². The van der Waals surface area contributed by atoms with Crippen molar-refractivity contribution in [2.75, 3.05) is 0 Å². The second-order valence-corrected chi connectivity index (χ2v) is 6.75. The van der Waals surface area contributed by atoms with E-state index in [1.165, 1.54) is 12.3 Å². The van der Waals surface area contributed by atoms with Crippen LogP contribution in [0.25, 0.3) is 10.9 Å². The Kier molecular flexibility index (Phi) is 5.17. The zero-order valence-electron chi connectivity index (χ0n) is 13.6. The van der Waals surface area contributed by atoms with E-state index in [1.54, 1.807) is 37.3 Å². The average Bonchev–Trinajstić information content (AvgIpc) is 3.12. The average molecular weight is 381 g/mol. The summed E-state index contributed by atoms with van der Waals surface area (Å²) in [4.78, 5) is 19.4. The monoisotopic (exact) mass is 381 g/mol. The second kappa shape index (κ2) is 7.36. The van der Waals surface area contributed by atoms with Gasteiger partial charge in [-0.15, -0.1) is 0 Å². The Morgan fingerprint density at radius 2 is 2.00 bits per heavy atom. The number of nitrogens with zero attached hydrogens (tertiary/aromatic N) is 2. The van der Waals surface area contributed by atoms with E-state index in [4.69, 9.17) is 4.42 Å². The van der Waals surface area contributed by atoms with E-state index in [9.17, 15) is 18.0 Å². The molecular formula is C17H14F3N3O2S. The molecule has 136 valence electrons. The van der Waals surface area contributed by atoms with E-state index < -0.39 is 17.3 Å². The lowest BCUT2D eigenvalue weighted by Crippen LogP contribution is -2.30. The van der Waals surface area contributed by atoms with Gasteiger partial charge in [0.15, 0.2) is 0 Å². The number of hydrogen-bond donors (Lipinski definition) is 1. The molecule has 1 N–H and O–H groups in total. The van der Waals surface area contributed by atoms with Gasteiger partial charge >= 0.3 is 6.18 Å². The number of fused-ring (bicyclic) bond motifs is 1. The van der Waals surface area contributed by atoms with Crippen LogP contribution in [0.2, 0.25) is 0 Å². The maximum Gasteiger partial charge on any atom is 0.451 e. The maximum atomic E-state index is 13.0. The van der Waals surface area contributed by atoms with Crippen LogP contribution in [-0.4, -0.2) is 21.1 Å². The molecule has 0 spiro atoms. The summed E-state index contributed by atoms with van der Waals surface area (Å²) in [5.41, 5.74) is 0.181. The van der Waals surface area contributed by atoms with Gasteiger partial charge in [-0.3, -0.25) is 4.79 Å². The van der Waals surface area contributed by atoms with Crippen LogP contribution in [0, 0.1) is 0 Å². The van der Waals surface area contributed by atoms with Gasteiger partial charge in [-0.25, -0.2) is 9.97 Å². The highest BCUT2D eigenvalue weighted by Crippen LogP contribution is 2.33. The number of rotatable bonds is 5. The van der Waals surface area contributed by atoms with Crippen molar-refractivity contribution in [2.24, 2.45) is 0 Å². The van der Waals surface area contributed by atoms with E-state index in [2.05, 4.69) is 15.3 Å². The molecule has 26 heavy (non-hydrogen) atoms. The van der Waals surface area contributed by atoms with Crippen LogP contribution in [0.5, 0.6) is 0 Å². The minimum absolute atomic E-state index is 0.114. The van der Waals surface area contributed by atoms with Crippen molar-refractivity contribution in [3.05, 3.63) is 54.2 Å². The Balaban J connectivity index is 1.81. The lowest BCUT2D eigenvalue weighted by atomic mass is 10.2. The van der Waals surface area contributed by atoms with Crippen molar-refractivity contribution >= 4 is 28.6 Å². The summed E-state index contributed by atoms with van der Waals surface area (Å²) >= 11 is 0.955. The Morgan fingerprint density at radius 3 is 2.69 bits per heavy atom. The van der Waals surface area contributed by atoms with Gasteiger partial charge in [0, 0.05) is 5.39 Å². The Morgan fingerprint density at radius 1 is 1.23 bits per heavy atom. The van der Waals surface area contributed by atoms with Crippen molar-refractivity contribution in [3.8, 4) is 0 Å². The number of thioether (sulfide) groups is 1. The number of carbonyl (C=O) groups excluding carboxylic acids is 1. The highest BCUT2D eigenvalue weighted by Gasteiger charge is 2.35. The van der Waals surface area contributed by atoms with E-state index in [-0.39, 0.29) is 23.0 Å². The van der Waals surface area contributed by atoms with Gasteiger partial charge in [-0.2, -0.15) is 13.2 Å². The summed E-state index contributed by atoms with van der Waals surface area (Å²) in [6.07, 6.45) is -3.17. The Labute approximate surface area is 151 Å². The number of para-hydroxylation sites is 1. The molecular weight excluding hydrogens is 367 g/mol. The fraction of sp³-hybridized carbons (Fsp3) is 0.235. The van der Waals surface area contributed by atoms with Gasteiger partial charge in [0.25, 0.3) is 0 Å². The molecule has 1 amide bonds. The lowest BCUT2D eigenvalue weighted by Gasteiger charge is -2.14.